The molecular weight excluding hydrogens is 681 g/mol. The van der Waals surface area contributed by atoms with Crippen molar-refractivity contribution >= 4 is 43.2 Å². The Morgan fingerprint density at radius 2 is 1.33 bits per heavy atom. The van der Waals surface area contributed by atoms with E-state index in [1.54, 1.807) is 39.8 Å². The summed E-state index contributed by atoms with van der Waals surface area (Å²) >= 11 is 0. The Morgan fingerprint density at radius 1 is 0.755 bits per heavy atom. The zero-order valence-electron chi connectivity index (χ0n) is 27.8. The van der Waals surface area contributed by atoms with Gasteiger partial charge in [0.2, 0.25) is 11.8 Å². The molecule has 3 aromatic rings. The first-order valence-corrected chi connectivity index (χ1v) is 20.6. The van der Waals surface area contributed by atoms with Gasteiger partial charge in [-0.15, -0.1) is 0 Å². The minimum Gasteiger partial charge on any atom is -0.394 e. The molecular formula is C37H48N2O7S3. The van der Waals surface area contributed by atoms with Crippen LogP contribution < -0.4 is 10.6 Å². The number of aliphatic hydroxyl groups excluding tert-OH is 1. The van der Waals surface area contributed by atoms with Crippen LogP contribution in [-0.4, -0.2) is 82.0 Å². The van der Waals surface area contributed by atoms with Crippen molar-refractivity contribution in [1.29, 1.82) is 0 Å². The van der Waals surface area contributed by atoms with Crippen LogP contribution in [0.25, 0.3) is 0 Å². The van der Waals surface area contributed by atoms with Gasteiger partial charge in [0.25, 0.3) is 0 Å². The summed E-state index contributed by atoms with van der Waals surface area (Å²) < 4.78 is 36.9. The summed E-state index contributed by atoms with van der Waals surface area (Å²) in [7, 11) is -0.163. The first-order chi connectivity index (χ1) is 23.9. The lowest BCUT2D eigenvalue weighted by Gasteiger charge is -2.22. The Morgan fingerprint density at radius 3 is 1.94 bits per heavy atom. The minimum absolute atomic E-state index is 0.0484. The van der Waals surface area contributed by atoms with Gasteiger partial charge in [0.05, 0.1) is 24.7 Å². The number of nitrogens with one attached hydrogen (secondary N) is 2. The van der Waals surface area contributed by atoms with Crippen molar-refractivity contribution in [2.75, 3.05) is 44.5 Å². The average molecular weight is 729 g/mol. The molecule has 0 saturated carbocycles. The maximum Gasteiger partial charge on any atom is 0.243 e. The second kappa shape index (κ2) is 24.1. The van der Waals surface area contributed by atoms with Crippen LogP contribution in [0.15, 0.2) is 107 Å². The van der Waals surface area contributed by atoms with E-state index in [9.17, 15) is 18.0 Å². The summed E-state index contributed by atoms with van der Waals surface area (Å²) in [5.41, 5.74) is 1.95. The summed E-state index contributed by atoms with van der Waals surface area (Å²) in [6.45, 7) is 1.86. The van der Waals surface area contributed by atoms with Crippen molar-refractivity contribution < 1.29 is 32.6 Å². The van der Waals surface area contributed by atoms with Gasteiger partial charge in [-0.25, -0.2) is 8.42 Å². The fourth-order valence-corrected chi connectivity index (χ4v) is 7.88. The molecule has 0 unspecified atom stereocenters. The van der Waals surface area contributed by atoms with Gasteiger partial charge in [0, 0.05) is 49.0 Å². The summed E-state index contributed by atoms with van der Waals surface area (Å²) in [6, 6.07) is 25.9. The van der Waals surface area contributed by atoms with Crippen molar-refractivity contribution in [3.05, 3.63) is 114 Å². The molecule has 0 bridgehead atoms. The second-order valence-electron chi connectivity index (χ2n) is 11.2. The van der Waals surface area contributed by atoms with Crippen LogP contribution in [0.5, 0.6) is 0 Å². The van der Waals surface area contributed by atoms with Crippen LogP contribution in [-0.2, 0) is 41.7 Å². The van der Waals surface area contributed by atoms with Crippen LogP contribution in [0.2, 0.25) is 0 Å². The molecule has 0 aliphatic rings. The zero-order chi connectivity index (χ0) is 35.0. The molecule has 0 saturated heterocycles. The van der Waals surface area contributed by atoms with E-state index < -0.39 is 27.8 Å². The molecule has 0 aliphatic heterocycles. The summed E-state index contributed by atoms with van der Waals surface area (Å²) in [4.78, 5) is 26.9. The molecule has 3 aromatic carbocycles. The van der Waals surface area contributed by atoms with Crippen molar-refractivity contribution in [3.8, 4) is 0 Å². The Kier molecular flexibility index (Phi) is 19.8. The summed E-state index contributed by atoms with van der Waals surface area (Å²) in [5, 5.41) is 15.7. The number of amides is 2. The number of hydrogen-bond acceptors (Lipinski definition) is 9. The monoisotopic (exact) mass is 728 g/mol. The third-order valence-corrected chi connectivity index (χ3v) is 11.3. The second-order valence-corrected chi connectivity index (χ2v) is 15.7. The lowest BCUT2D eigenvalue weighted by molar-refractivity contribution is -0.129. The Labute approximate surface area is 299 Å². The predicted molar refractivity (Wildman–Crippen MR) is 199 cm³/mol. The highest BCUT2D eigenvalue weighted by Crippen LogP contribution is 2.22. The maximum atomic E-state index is 13.7. The fourth-order valence-electron chi connectivity index (χ4n) is 4.67. The van der Waals surface area contributed by atoms with E-state index in [0.717, 1.165) is 40.9 Å². The molecule has 3 N–H and O–H groups in total. The highest BCUT2D eigenvalue weighted by atomic mass is 33.1. The van der Waals surface area contributed by atoms with Gasteiger partial charge >= 0.3 is 0 Å². The van der Waals surface area contributed by atoms with Gasteiger partial charge in [0.1, 0.15) is 6.04 Å². The topological polar surface area (TPSA) is 131 Å². The third-order valence-electron chi connectivity index (χ3n) is 7.24. The van der Waals surface area contributed by atoms with Gasteiger partial charge in [-0.3, -0.25) is 9.59 Å². The standard InChI is InChI=1S/C37H48N2O7S3/c40-22-26-46-24-11-28-48-47-27-10-23-45-25-20-36(41)39-35(30-32-14-6-2-7-15-32)37(42)38-33(19-18-31-12-4-1-5-13-31)21-29-49(43,44)34-16-8-3-9-17-34/h1-9,12-17,21,29,33,35,40H,10-11,18-20,22-28,30H2,(H,38,42)(H,39,41)/b29-21+/t33-,35-/m0/s1. The maximum absolute atomic E-state index is 13.7. The lowest BCUT2D eigenvalue weighted by Crippen LogP contribution is -2.50. The molecule has 2 amide bonds. The number of carbonyl (C=O) groups excluding carboxylic acids is 2. The van der Waals surface area contributed by atoms with Crippen LogP contribution in [0.3, 0.4) is 0 Å². The number of hydrogen-bond donors (Lipinski definition) is 3. The molecule has 3 rings (SSSR count). The van der Waals surface area contributed by atoms with Gasteiger partial charge in [0.15, 0.2) is 9.84 Å². The van der Waals surface area contributed by atoms with E-state index in [4.69, 9.17) is 14.6 Å². The van der Waals surface area contributed by atoms with E-state index in [1.807, 2.05) is 60.7 Å². The fraction of sp³-hybridized carbons (Fsp3) is 0.405. The zero-order valence-corrected chi connectivity index (χ0v) is 30.2. The number of rotatable bonds is 25. The van der Waals surface area contributed by atoms with Gasteiger partial charge < -0.3 is 25.2 Å². The molecule has 0 radical (unpaired) electrons. The largest absolute Gasteiger partial charge is 0.394 e. The third kappa shape index (κ3) is 17.4. The first kappa shape index (κ1) is 40.3. The molecule has 9 nitrogen and oxygen atoms in total. The molecule has 2 atom stereocenters. The number of aliphatic hydroxyl groups is 1. The highest BCUT2D eigenvalue weighted by molar-refractivity contribution is 8.76. The normalized spacial score (nSPS) is 12.8. The predicted octanol–water partition coefficient (Wildman–Crippen LogP) is 5.40. The van der Waals surface area contributed by atoms with E-state index >= 15 is 0 Å². The number of aryl methyl sites for hydroxylation is 1. The Balaban J connectivity index is 1.55. The molecule has 0 spiro atoms. The van der Waals surface area contributed by atoms with Crippen molar-refractivity contribution in [2.24, 2.45) is 0 Å². The molecule has 0 heterocycles. The minimum atomic E-state index is -3.72. The van der Waals surface area contributed by atoms with Crippen molar-refractivity contribution in [2.45, 2.75) is 55.5 Å². The van der Waals surface area contributed by atoms with E-state index in [1.165, 1.54) is 18.2 Å². The number of ether oxygens (including phenoxy) is 2. The highest BCUT2D eigenvalue weighted by Gasteiger charge is 2.24. The molecule has 12 heteroatoms. The average Bonchev–Trinajstić information content (AvgIpc) is 3.12. The first-order valence-electron chi connectivity index (χ1n) is 16.5. The lowest BCUT2D eigenvalue weighted by atomic mass is 10.0. The Bertz CT molecular complexity index is 1480. The summed E-state index contributed by atoms with van der Waals surface area (Å²) in [6.07, 6.45) is 4.78. The number of sulfone groups is 1. The van der Waals surface area contributed by atoms with Gasteiger partial charge in [-0.2, -0.15) is 0 Å². The summed E-state index contributed by atoms with van der Waals surface area (Å²) in [5.74, 6) is 1.21. The van der Waals surface area contributed by atoms with E-state index in [2.05, 4.69) is 10.6 Å². The smallest absolute Gasteiger partial charge is 0.243 e. The van der Waals surface area contributed by atoms with Crippen LogP contribution in [0.4, 0.5) is 0 Å². The molecule has 0 aliphatic carbocycles. The van der Waals surface area contributed by atoms with E-state index in [0.29, 0.717) is 32.7 Å². The SMILES string of the molecule is O=C(CCOCCCSSCCCOCCO)N[C@@H](Cc1ccccc1)C(=O)N[C@H](/C=C/S(=O)(=O)c1ccccc1)CCc1ccccc1. The number of carbonyl (C=O) groups is 2. The van der Waals surface area contributed by atoms with Crippen LogP contribution >= 0.6 is 21.6 Å². The number of benzene rings is 3. The molecule has 49 heavy (non-hydrogen) atoms. The van der Waals surface area contributed by atoms with Crippen LogP contribution in [0.1, 0.15) is 36.8 Å². The van der Waals surface area contributed by atoms with Crippen molar-refractivity contribution in [1.82, 2.24) is 10.6 Å². The van der Waals surface area contributed by atoms with Gasteiger partial charge in [-0.1, -0.05) is 107 Å². The molecule has 0 fully saturated rings. The Hall–Kier alpha value is -3.13. The quantitative estimate of drug-likeness (QED) is 0.0776. The van der Waals surface area contributed by atoms with Gasteiger partial charge in [-0.05, 0) is 48.9 Å². The van der Waals surface area contributed by atoms with Crippen LogP contribution in [0, 0.1) is 0 Å². The molecule has 0 aromatic heterocycles. The van der Waals surface area contributed by atoms with E-state index in [-0.39, 0.29) is 36.9 Å². The van der Waals surface area contributed by atoms with Crippen molar-refractivity contribution in [3.63, 3.8) is 0 Å². The molecule has 266 valence electrons.